The van der Waals surface area contributed by atoms with Crippen LogP contribution in [-0.4, -0.2) is 93.3 Å². The van der Waals surface area contributed by atoms with Gasteiger partial charge in [-0.3, -0.25) is 19.3 Å². The van der Waals surface area contributed by atoms with Crippen molar-refractivity contribution < 1.29 is 19.1 Å². The molecule has 0 spiro atoms. The number of benzene rings is 1. The lowest BCUT2D eigenvalue weighted by molar-refractivity contribution is -0.137. The predicted molar refractivity (Wildman–Crippen MR) is 121 cm³/mol. The molecule has 0 radical (unpaired) electrons. The molecule has 0 saturated carbocycles. The Bertz CT molecular complexity index is 765. The van der Waals surface area contributed by atoms with Crippen LogP contribution >= 0.6 is 11.8 Å². The highest BCUT2D eigenvalue weighted by Gasteiger charge is 2.38. The molecule has 0 aliphatic carbocycles. The molecule has 1 aromatic carbocycles. The Morgan fingerprint density at radius 3 is 2.52 bits per heavy atom. The fourth-order valence-electron chi connectivity index (χ4n) is 3.97. The summed E-state index contributed by atoms with van der Waals surface area (Å²) in [7, 11) is 1.64. The second-order valence-electron chi connectivity index (χ2n) is 7.90. The summed E-state index contributed by atoms with van der Waals surface area (Å²) in [6.45, 7) is 4.51. The molecule has 2 heterocycles. The first-order valence-corrected chi connectivity index (χ1v) is 12.0. The largest absolute Gasteiger partial charge is 0.385 e. The number of hydrogen-bond acceptors (Lipinski definition) is 6. The molecule has 1 unspecified atom stereocenters. The van der Waals surface area contributed by atoms with E-state index >= 15 is 0 Å². The molecule has 2 fully saturated rings. The topological polar surface area (TPSA) is 82.2 Å². The van der Waals surface area contributed by atoms with E-state index in [1.165, 1.54) is 0 Å². The van der Waals surface area contributed by atoms with Crippen molar-refractivity contribution in [2.75, 3.05) is 70.7 Å². The molecule has 8 nitrogen and oxygen atoms in total. The third kappa shape index (κ3) is 6.44. The Hall–Kier alpha value is -2.10. The second-order valence-corrected chi connectivity index (χ2v) is 8.78. The van der Waals surface area contributed by atoms with Gasteiger partial charge in [0, 0.05) is 70.0 Å². The third-order valence-corrected chi connectivity index (χ3v) is 6.50. The van der Waals surface area contributed by atoms with Gasteiger partial charge in [0.25, 0.3) is 0 Å². The third-order valence-electron chi connectivity index (χ3n) is 5.76. The van der Waals surface area contributed by atoms with E-state index in [1.54, 1.807) is 23.8 Å². The Balaban J connectivity index is 1.44. The number of methoxy groups -OCH3 is 1. The number of rotatable bonds is 9. The van der Waals surface area contributed by atoms with Crippen molar-refractivity contribution in [3.63, 3.8) is 0 Å². The number of nitrogens with zero attached hydrogens (tertiary/aromatic N) is 3. The van der Waals surface area contributed by atoms with Crippen molar-refractivity contribution >= 4 is 35.2 Å². The van der Waals surface area contributed by atoms with Crippen LogP contribution in [0.5, 0.6) is 0 Å². The summed E-state index contributed by atoms with van der Waals surface area (Å²) in [5.41, 5.74) is 0.847. The lowest BCUT2D eigenvalue weighted by atomic mass is 10.1. The van der Waals surface area contributed by atoms with Crippen LogP contribution in [0.25, 0.3) is 0 Å². The summed E-state index contributed by atoms with van der Waals surface area (Å²) in [6, 6.07) is 7.87. The van der Waals surface area contributed by atoms with Crippen LogP contribution < -0.4 is 10.2 Å². The van der Waals surface area contributed by atoms with E-state index < -0.39 is 0 Å². The van der Waals surface area contributed by atoms with Gasteiger partial charge in [0.05, 0.1) is 12.5 Å². The minimum Gasteiger partial charge on any atom is -0.385 e. The average molecular weight is 449 g/mol. The molecular weight excluding hydrogens is 416 g/mol. The highest BCUT2D eigenvalue weighted by atomic mass is 32.2. The van der Waals surface area contributed by atoms with Crippen LogP contribution in [0.2, 0.25) is 0 Å². The lowest BCUT2D eigenvalue weighted by Crippen LogP contribution is -2.52. The summed E-state index contributed by atoms with van der Waals surface area (Å²) in [5.74, 6) is -0.261. The molecule has 3 amide bonds. The van der Waals surface area contributed by atoms with Gasteiger partial charge in [-0.05, 0) is 36.9 Å². The van der Waals surface area contributed by atoms with E-state index in [0.717, 1.165) is 17.0 Å². The van der Waals surface area contributed by atoms with E-state index in [4.69, 9.17) is 4.74 Å². The second kappa shape index (κ2) is 11.5. The summed E-state index contributed by atoms with van der Waals surface area (Å²) in [4.78, 5) is 44.3. The smallest absolute Gasteiger partial charge is 0.234 e. The van der Waals surface area contributed by atoms with Gasteiger partial charge < -0.3 is 19.9 Å². The highest BCUT2D eigenvalue weighted by molar-refractivity contribution is 7.98. The molecule has 3 rings (SSSR count). The van der Waals surface area contributed by atoms with Gasteiger partial charge in [-0.1, -0.05) is 0 Å². The minimum absolute atomic E-state index is 0.000373. The number of hydrogen-bond donors (Lipinski definition) is 1. The number of nitrogens with one attached hydrogen (secondary N) is 1. The van der Waals surface area contributed by atoms with Crippen molar-refractivity contribution in [3.8, 4) is 0 Å². The van der Waals surface area contributed by atoms with Gasteiger partial charge in [-0.2, -0.15) is 0 Å². The molecule has 1 aromatic rings. The van der Waals surface area contributed by atoms with Crippen molar-refractivity contribution in [2.45, 2.75) is 17.7 Å². The predicted octanol–water partition coefficient (Wildman–Crippen LogP) is 1.06. The quantitative estimate of drug-likeness (QED) is 0.449. The molecule has 1 atom stereocenters. The number of carbonyl (C=O) groups excluding carboxylic acids is 3. The minimum atomic E-state index is -0.302. The maximum absolute atomic E-state index is 13.0. The summed E-state index contributed by atoms with van der Waals surface area (Å²) < 4.78 is 4.97. The fraction of sp³-hybridized carbons (Fsp3) is 0.591. The van der Waals surface area contributed by atoms with Crippen LogP contribution in [0.4, 0.5) is 5.69 Å². The Morgan fingerprint density at radius 1 is 1.16 bits per heavy atom. The first-order valence-electron chi connectivity index (χ1n) is 10.7. The molecule has 1 N–H and O–H groups in total. The first kappa shape index (κ1) is 23.6. The Kier molecular flexibility index (Phi) is 8.74. The van der Waals surface area contributed by atoms with E-state index in [0.29, 0.717) is 52.4 Å². The molecular formula is C22H32N4O4S. The number of carbonyl (C=O) groups is 3. The monoisotopic (exact) mass is 448 g/mol. The van der Waals surface area contributed by atoms with Crippen molar-refractivity contribution in [1.29, 1.82) is 0 Å². The van der Waals surface area contributed by atoms with E-state index in [2.05, 4.69) is 10.2 Å². The van der Waals surface area contributed by atoms with Gasteiger partial charge in [-0.25, -0.2) is 0 Å². The van der Waals surface area contributed by atoms with Gasteiger partial charge in [-0.15, -0.1) is 11.8 Å². The Morgan fingerprint density at radius 2 is 1.87 bits per heavy atom. The molecule has 0 aromatic heterocycles. The molecule has 0 bridgehead atoms. The van der Waals surface area contributed by atoms with Gasteiger partial charge in [0.15, 0.2) is 0 Å². The molecule has 9 heteroatoms. The summed E-state index contributed by atoms with van der Waals surface area (Å²) in [5, 5.41) is 2.89. The average Bonchev–Trinajstić information content (AvgIpc) is 3.18. The van der Waals surface area contributed by atoms with Crippen LogP contribution in [0.15, 0.2) is 29.2 Å². The molecule has 2 saturated heterocycles. The molecule has 31 heavy (non-hydrogen) atoms. The van der Waals surface area contributed by atoms with Gasteiger partial charge >= 0.3 is 0 Å². The molecule has 170 valence electrons. The normalized spacial score (nSPS) is 19.7. The van der Waals surface area contributed by atoms with E-state index in [-0.39, 0.29) is 30.1 Å². The van der Waals surface area contributed by atoms with Gasteiger partial charge in [0.2, 0.25) is 17.7 Å². The SMILES string of the molecule is COCCCNC(=O)CN1CCN(C(=O)C2CC(=O)N(c3ccc(SC)cc3)C2)CC1. The van der Waals surface area contributed by atoms with Crippen LogP contribution in [-0.2, 0) is 19.1 Å². The summed E-state index contributed by atoms with van der Waals surface area (Å²) >= 11 is 1.66. The van der Waals surface area contributed by atoms with Gasteiger partial charge in [0.1, 0.15) is 0 Å². The number of ether oxygens (including phenoxy) is 1. The highest BCUT2D eigenvalue weighted by Crippen LogP contribution is 2.28. The lowest BCUT2D eigenvalue weighted by Gasteiger charge is -2.35. The maximum atomic E-state index is 13.0. The molecule has 2 aliphatic rings. The molecule has 2 aliphatic heterocycles. The van der Waals surface area contributed by atoms with E-state index in [1.807, 2.05) is 35.4 Å². The van der Waals surface area contributed by atoms with Crippen molar-refractivity contribution in [2.24, 2.45) is 5.92 Å². The van der Waals surface area contributed by atoms with Crippen LogP contribution in [0.1, 0.15) is 12.8 Å². The number of piperazine rings is 1. The number of anilines is 1. The Labute approximate surface area is 188 Å². The fourth-order valence-corrected chi connectivity index (χ4v) is 4.38. The van der Waals surface area contributed by atoms with Crippen molar-refractivity contribution in [3.05, 3.63) is 24.3 Å². The van der Waals surface area contributed by atoms with Crippen LogP contribution in [0.3, 0.4) is 0 Å². The standard InChI is InChI=1S/C22H32N4O4S/c1-30-13-3-8-23-20(27)16-24-9-11-25(12-10-24)22(29)17-14-21(28)26(15-17)18-4-6-19(31-2)7-5-18/h4-7,17H,3,8-16H2,1-2H3,(H,23,27). The van der Waals surface area contributed by atoms with Crippen molar-refractivity contribution in [1.82, 2.24) is 15.1 Å². The van der Waals surface area contributed by atoms with Crippen LogP contribution in [0, 0.1) is 5.92 Å². The zero-order valence-corrected chi connectivity index (χ0v) is 19.2. The summed E-state index contributed by atoms with van der Waals surface area (Å²) in [6.07, 6.45) is 3.07. The van der Waals surface area contributed by atoms with E-state index in [9.17, 15) is 14.4 Å². The zero-order valence-electron chi connectivity index (χ0n) is 18.3. The number of amides is 3. The number of thioether (sulfide) groups is 1. The maximum Gasteiger partial charge on any atom is 0.234 e. The first-order chi connectivity index (χ1) is 15.0. The zero-order chi connectivity index (χ0) is 22.2.